The number of hydrogen-bond acceptors (Lipinski definition) is 4. The molecule has 21 heavy (non-hydrogen) atoms. The molecule has 0 saturated carbocycles. The summed E-state index contributed by atoms with van der Waals surface area (Å²) in [5.74, 6) is -0.724. The molecule has 0 saturated heterocycles. The first-order valence-corrected chi connectivity index (χ1v) is 7.62. The van der Waals surface area contributed by atoms with Crippen LogP contribution in [0.1, 0.15) is 17.4 Å². The first-order valence-electron chi connectivity index (χ1n) is 6.74. The second-order valence-corrected chi connectivity index (χ2v) is 5.55. The molecule has 110 valence electrons. The van der Waals surface area contributed by atoms with Crippen molar-refractivity contribution in [2.45, 2.75) is 19.8 Å². The van der Waals surface area contributed by atoms with Crippen molar-refractivity contribution >= 4 is 28.9 Å². The van der Waals surface area contributed by atoms with Crippen LogP contribution in [0.2, 0.25) is 0 Å². The molecule has 2 rings (SSSR count). The quantitative estimate of drug-likeness (QED) is 0.835. The van der Waals surface area contributed by atoms with E-state index in [1.54, 1.807) is 0 Å². The third-order valence-corrected chi connectivity index (χ3v) is 3.76. The molecule has 0 aliphatic rings. The van der Waals surface area contributed by atoms with Crippen molar-refractivity contribution in [1.82, 2.24) is 0 Å². The second-order valence-electron chi connectivity index (χ2n) is 4.52. The number of benzene rings is 1. The van der Waals surface area contributed by atoms with Gasteiger partial charge in [0.15, 0.2) is 6.61 Å². The van der Waals surface area contributed by atoms with E-state index in [0.29, 0.717) is 5.69 Å². The summed E-state index contributed by atoms with van der Waals surface area (Å²) in [7, 11) is 0. The Labute approximate surface area is 127 Å². The lowest BCUT2D eigenvalue weighted by atomic mass is 10.1. The summed E-state index contributed by atoms with van der Waals surface area (Å²) in [5, 5.41) is 4.62. The van der Waals surface area contributed by atoms with Gasteiger partial charge >= 0.3 is 5.97 Å². The van der Waals surface area contributed by atoms with E-state index in [2.05, 4.69) is 5.32 Å². The lowest BCUT2D eigenvalue weighted by Crippen LogP contribution is -2.21. The van der Waals surface area contributed by atoms with Crippen LogP contribution in [-0.4, -0.2) is 18.5 Å². The molecule has 1 aromatic carbocycles. The Morgan fingerprint density at radius 3 is 2.81 bits per heavy atom. The molecule has 5 heteroatoms. The Morgan fingerprint density at radius 1 is 1.24 bits per heavy atom. The lowest BCUT2D eigenvalue weighted by Gasteiger charge is -2.07. The number of ether oxygens (including phenoxy) is 1. The van der Waals surface area contributed by atoms with Crippen LogP contribution in [-0.2, 0) is 27.2 Å². The van der Waals surface area contributed by atoms with Crippen LogP contribution in [0.5, 0.6) is 0 Å². The number of aryl methyl sites for hydroxylation is 1. The predicted octanol–water partition coefficient (Wildman–Crippen LogP) is 3.03. The minimum absolute atomic E-state index is 0.205. The normalized spacial score (nSPS) is 10.1. The minimum Gasteiger partial charge on any atom is -0.455 e. The summed E-state index contributed by atoms with van der Waals surface area (Å²) in [6.07, 6.45) is 1.11. The molecule has 1 heterocycles. The molecular formula is C16H17NO3S. The molecule has 0 radical (unpaired) electrons. The van der Waals surface area contributed by atoms with Gasteiger partial charge in [0.05, 0.1) is 6.42 Å². The highest BCUT2D eigenvalue weighted by atomic mass is 32.1. The van der Waals surface area contributed by atoms with Crippen molar-refractivity contribution in [1.29, 1.82) is 0 Å². The molecule has 0 aliphatic heterocycles. The number of anilines is 1. The van der Waals surface area contributed by atoms with E-state index in [0.717, 1.165) is 16.9 Å². The second kappa shape index (κ2) is 7.59. The van der Waals surface area contributed by atoms with E-state index in [4.69, 9.17) is 4.74 Å². The maximum atomic E-state index is 11.7. The predicted molar refractivity (Wildman–Crippen MR) is 83.4 cm³/mol. The van der Waals surface area contributed by atoms with Crippen LogP contribution >= 0.6 is 11.3 Å². The monoisotopic (exact) mass is 303 g/mol. The van der Waals surface area contributed by atoms with E-state index in [1.165, 1.54) is 11.3 Å². The molecule has 0 spiro atoms. The zero-order valence-corrected chi connectivity index (χ0v) is 12.6. The SMILES string of the molecule is CCc1cccc(NC(=O)COC(=O)Cc2cccs2)c1. The zero-order valence-electron chi connectivity index (χ0n) is 11.8. The number of carbonyl (C=O) groups excluding carboxylic acids is 2. The average molecular weight is 303 g/mol. The van der Waals surface area contributed by atoms with Gasteiger partial charge in [0.1, 0.15) is 0 Å². The molecule has 1 amide bonds. The largest absolute Gasteiger partial charge is 0.455 e. The third-order valence-electron chi connectivity index (χ3n) is 2.88. The van der Waals surface area contributed by atoms with Gasteiger partial charge < -0.3 is 10.1 Å². The van der Waals surface area contributed by atoms with Gasteiger partial charge in [-0.15, -0.1) is 11.3 Å². The van der Waals surface area contributed by atoms with Crippen molar-refractivity contribution in [2.24, 2.45) is 0 Å². The smallest absolute Gasteiger partial charge is 0.311 e. The molecule has 0 bridgehead atoms. The number of esters is 1. The van der Waals surface area contributed by atoms with Gasteiger partial charge in [-0.2, -0.15) is 0 Å². The zero-order chi connectivity index (χ0) is 15.1. The number of carbonyl (C=O) groups is 2. The van der Waals surface area contributed by atoms with E-state index < -0.39 is 5.97 Å². The van der Waals surface area contributed by atoms with Crippen molar-refractivity contribution in [3.05, 3.63) is 52.2 Å². The average Bonchev–Trinajstić information content (AvgIpc) is 2.98. The van der Waals surface area contributed by atoms with Gasteiger partial charge in [-0.25, -0.2) is 0 Å². The maximum Gasteiger partial charge on any atom is 0.311 e. The minimum atomic E-state index is -0.394. The van der Waals surface area contributed by atoms with Gasteiger partial charge in [-0.3, -0.25) is 9.59 Å². The molecule has 0 unspecified atom stereocenters. The van der Waals surface area contributed by atoms with E-state index >= 15 is 0 Å². The number of nitrogens with one attached hydrogen (secondary N) is 1. The number of amides is 1. The van der Waals surface area contributed by atoms with Crippen LogP contribution < -0.4 is 5.32 Å². The first-order chi connectivity index (χ1) is 10.2. The van der Waals surface area contributed by atoms with Gasteiger partial charge in [-0.05, 0) is 35.6 Å². The van der Waals surface area contributed by atoms with Crippen LogP contribution in [0.3, 0.4) is 0 Å². The number of thiophene rings is 1. The molecule has 0 aliphatic carbocycles. The molecule has 0 atom stereocenters. The lowest BCUT2D eigenvalue weighted by molar-refractivity contribution is -0.146. The molecule has 4 nitrogen and oxygen atoms in total. The van der Waals surface area contributed by atoms with E-state index in [1.807, 2.05) is 48.7 Å². The highest BCUT2D eigenvalue weighted by Crippen LogP contribution is 2.11. The van der Waals surface area contributed by atoms with Gasteiger partial charge in [0, 0.05) is 10.6 Å². The van der Waals surface area contributed by atoms with Crippen molar-refractivity contribution in [3.63, 3.8) is 0 Å². The standard InChI is InChI=1S/C16H17NO3S/c1-2-12-5-3-6-13(9-12)17-15(18)11-20-16(19)10-14-7-4-8-21-14/h3-9H,2,10-11H2,1H3,(H,17,18). The summed E-state index contributed by atoms with van der Waals surface area (Å²) in [5.41, 5.74) is 1.86. The number of rotatable bonds is 6. The molecule has 0 fully saturated rings. The van der Waals surface area contributed by atoms with Crippen LogP contribution in [0, 0.1) is 0 Å². The Hall–Kier alpha value is -2.14. The summed E-state index contributed by atoms with van der Waals surface area (Å²) in [6.45, 7) is 1.79. The third kappa shape index (κ3) is 5.04. The van der Waals surface area contributed by atoms with E-state index in [-0.39, 0.29) is 18.9 Å². The number of hydrogen-bond donors (Lipinski definition) is 1. The fourth-order valence-electron chi connectivity index (χ4n) is 1.82. The van der Waals surface area contributed by atoms with Crippen LogP contribution in [0.15, 0.2) is 41.8 Å². The maximum absolute atomic E-state index is 11.7. The Bertz CT molecular complexity index is 608. The topological polar surface area (TPSA) is 55.4 Å². The Morgan fingerprint density at radius 2 is 2.10 bits per heavy atom. The molecule has 1 aromatic heterocycles. The van der Waals surface area contributed by atoms with Gasteiger partial charge in [0.2, 0.25) is 0 Å². The molecule has 1 N–H and O–H groups in total. The van der Waals surface area contributed by atoms with Crippen molar-refractivity contribution in [3.8, 4) is 0 Å². The summed E-state index contributed by atoms with van der Waals surface area (Å²) in [4.78, 5) is 24.2. The first kappa shape index (κ1) is 15.3. The van der Waals surface area contributed by atoms with Crippen molar-refractivity contribution in [2.75, 3.05) is 11.9 Å². The highest BCUT2D eigenvalue weighted by molar-refractivity contribution is 7.10. The molecular weight excluding hydrogens is 286 g/mol. The highest BCUT2D eigenvalue weighted by Gasteiger charge is 2.09. The Kier molecular flexibility index (Phi) is 5.51. The van der Waals surface area contributed by atoms with Gasteiger partial charge in [-0.1, -0.05) is 25.1 Å². The van der Waals surface area contributed by atoms with Gasteiger partial charge in [0.25, 0.3) is 5.91 Å². The summed E-state index contributed by atoms with van der Waals surface area (Å²) in [6, 6.07) is 11.3. The van der Waals surface area contributed by atoms with Crippen LogP contribution in [0.25, 0.3) is 0 Å². The fraction of sp³-hybridized carbons (Fsp3) is 0.250. The fourth-order valence-corrected chi connectivity index (χ4v) is 2.51. The summed E-state index contributed by atoms with van der Waals surface area (Å²) < 4.78 is 4.96. The molecule has 2 aromatic rings. The van der Waals surface area contributed by atoms with Crippen molar-refractivity contribution < 1.29 is 14.3 Å². The van der Waals surface area contributed by atoms with Crippen LogP contribution in [0.4, 0.5) is 5.69 Å². The summed E-state index contributed by atoms with van der Waals surface area (Å²) >= 11 is 1.49. The Balaban J connectivity index is 1.77. The van der Waals surface area contributed by atoms with E-state index in [9.17, 15) is 9.59 Å².